The normalized spacial score (nSPS) is 10.3. The molecule has 0 spiro atoms. The Labute approximate surface area is 94.8 Å². The first-order chi connectivity index (χ1) is 6.65. The Morgan fingerprint density at radius 2 is 2.00 bits per heavy atom. The monoisotopic (exact) mass is 232 g/mol. The number of anilines is 1. The second kappa shape index (κ2) is 5.44. The van der Waals surface area contributed by atoms with Crippen molar-refractivity contribution in [1.82, 2.24) is 5.32 Å². The molecule has 0 unspecified atom stereocenters. The maximum Gasteiger partial charge on any atom is 0.0612 e. The Bertz CT molecular complexity index is 302. The fraction of sp³-hybridized carbons (Fsp3) is 0.400. The third-order valence-corrected chi connectivity index (χ3v) is 2.78. The third-order valence-electron chi connectivity index (χ3n) is 2.04. The SMILES string of the molecule is CNCCN(C)c1ccc(Cl)c(Cl)c1. The number of nitrogens with zero attached hydrogens (tertiary/aromatic N) is 1. The number of rotatable bonds is 4. The second-order valence-corrected chi connectivity index (χ2v) is 3.94. The number of nitrogens with one attached hydrogen (secondary N) is 1. The van der Waals surface area contributed by atoms with E-state index in [2.05, 4.69) is 10.2 Å². The lowest BCUT2D eigenvalue weighted by atomic mass is 10.3. The molecule has 0 atom stereocenters. The van der Waals surface area contributed by atoms with E-state index in [1.54, 1.807) is 0 Å². The third kappa shape index (κ3) is 3.05. The number of hydrogen-bond donors (Lipinski definition) is 1. The van der Waals surface area contributed by atoms with Gasteiger partial charge in [0.25, 0.3) is 0 Å². The molecule has 0 bridgehead atoms. The van der Waals surface area contributed by atoms with Crippen molar-refractivity contribution >= 4 is 28.9 Å². The van der Waals surface area contributed by atoms with Gasteiger partial charge in [-0.3, -0.25) is 0 Å². The largest absolute Gasteiger partial charge is 0.373 e. The number of hydrogen-bond acceptors (Lipinski definition) is 2. The minimum absolute atomic E-state index is 0.595. The van der Waals surface area contributed by atoms with E-state index in [1.807, 2.05) is 32.3 Å². The molecule has 2 nitrogen and oxygen atoms in total. The molecule has 0 heterocycles. The van der Waals surface area contributed by atoms with E-state index in [0.29, 0.717) is 10.0 Å². The average Bonchev–Trinajstić information content (AvgIpc) is 2.18. The highest BCUT2D eigenvalue weighted by Gasteiger charge is 2.03. The van der Waals surface area contributed by atoms with Gasteiger partial charge in [-0.2, -0.15) is 0 Å². The van der Waals surface area contributed by atoms with Crippen molar-refractivity contribution in [2.24, 2.45) is 0 Å². The Kier molecular flexibility index (Phi) is 4.52. The van der Waals surface area contributed by atoms with Crippen molar-refractivity contribution in [3.63, 3.8) is 0 Å². The summed E-state index contributed by atoms with van der Waals surface area (Å²) < 4.78 is 0. The molecule has 1 rings (SSSR count). The van der Waals surface area contributed by atoms with E-state index in [1.165, 1.54) is 0 Å². The first kappa shape index (κ1) is 11.6. The zero-order valence-electron chi connectivity index (χ0n) is 8.35. The molecule has 1 aromatic carbocycles. The summed E-state index contributed by atoms with van der Waals surface area (Å²) in [7, 11) is 3.96. The first-order valence-electron chi connectivity index (χ1n) is 4.46. The molecule has 78 valence electrons. The fourth-order valence-corrected chi connectivity index (χ4v) is 1.42. The molecular formula is C10H14Cl2N2. The number of benzene rings is 1. The van der Waals surface area contributed by atoms with Crippen molar-refractivity contribution < 1.29 is 0 Å². The topological polar surface area (TPSA) is 15.3 Å². The van der Waals surface area contributed by atoms with Crippen LogP contribution in [0, 0.1) is 0 Å². The molecule has 0 aliphatic rings. The quantitative estimate of drug-likeness (QED) is 0.859. The van der Waals surface area contributed by atoms with Crippen LogP contribution in [0.25, 0.3) is 0 Å². The van der Waals surface area contributed by atoms with Crippen LogP contribution in [0.5, 0.6) is 0 Å². The van der Waals surface area contributed by atoms with Gasteiger partial charge in [-0.1, -0.05) is 23.2 Å². The van der Waals surface area contributed by atoms with Crippen LogP contribution >= 0.6 is 23.2 Å². The second-order valence-electron chi connectivity index (χ2n) is 3.12. The molecule has 4 heteroatoms. The van der Waals surface area contributed by atoms with Crippen LogP contribution in [0.15, 0.2) is 18.2 Å². The van der Waals surface area contributed by atoms with Gasteiger partial charge < -0.3 is 10.2 Å². The van der Waals surface area contributed by atoms with Crippen LogP contribution in [0.1, 0.15) is 0 Å². The van der Waals surface area contributed by atoms with Gasteiger partial charge in [0, 0.05) is 25.8 Å². The van der Waals surface area contributed by atoms with Gasteiger partial charge in [-0.25, -0.2) is 0 Å². The van der Waals surface area contributed by atoms with Gasteiger partial charge in [0.15, 0.2) is 0 Å². The predicted octanol–water partition coefficient (Wildman–Crippen LogP) is 2.65. The molecule has 1 aromatic rings. The van der Waals surface area contributed by atoms with Crippen LogP contribution < -0.4 is 10.2 Å². The maximum atomic E-state index is 5.92. The highest BCUT2D eigenvalue weighted by Crippen LogP contribution is 2.26. The predicted molar refractivity (Wildman–Crippen MR) is 63.7 cm³/mol. The van der Waals surface area contributed by atoms with Crippen molar-refractivity contribution in [3.05, 3.63) is 28.2 Å². The summed E-state index contributed by atoms with van der Waals surface area (Å²) in [5.74, 6) is 0. The summed E-state index contributed by atoms with van der Waals surface area (Å²) in [6, 6.07) is 5.65. The lowest BCUT2D eigenvalue weighted by Gasteiger charge is -2.19. The molecular weight excluding hydrogens is 219 g/mol. The highest BCUT2D eigenvalue weighted by atomic mass is 35.5. The average molecular weight is 233 g/mol. The molecule has 14 heavy (non-hydrogen) atoms. The summed E-state index contributed by atoms with van der Waals surface area (Å²) in [5.41, 5.74) is 1.08. The number of halogens is 2. The Balaban J connectivity index is 2.70. The summed E-state index contributed by atoms with van der Waals surface area (Å²) in [6.07, 6.45) is 0. The first-order valence-corrected chi connectivity index (χ1v) is 5.21. The smallest absolute Gasteiger partial charge is 0.0612 e. The summed E-state index contributed by atoms with van der Waals surface area (Å²) in [6.45, 7) is 1.88. The van der Waals surface area contributed by atoms with Gasteiger partial charge in [0.1, 0.15) is 0 Å². The molecule has 0 aromatic heterocycles. The molecule has 1 N–H and O–H groups in total. The lowest BCUT2D eigenvalue weighted by molar-refractivity contribution is 0.768. The van der Waals surface area contributed by atoms with E-state index >= 15 is 0 Å². The molecule has 0 amide bonds. The molecule has 0 radical (unpaired) electrons. The van der Waals surface area contributed by atoms with E-state index in [9.17, 15) is 0 Å². The van der Waals surface area contributed by atoms with Gasteiger partial charge in [0.2, 0.25) is 0 Å². The molecule has 0 aliphatic carbocycles. The van der Waals surface area contributed by atoms with Crippen LogP contribution in [-0.4, -0.2) is 27.2 Å². The number of likely N-dealkylation sites (N-methyl/N-ethyl adjacent to an activating group) is 2. The molecule has 0 fully saturated rings. The minimum atomic E-state index is 0.595. The van der Waals surface area contributed by atoms with Gasteiger partial charge in [0.05, 0.1) is 10.0 Å². The maximum absolute atomic E-state index is 5.92. The van der Waals surface area contributed by atoms with Gasteiger partial charge >= 0.3 is 0 Å². The van der Waals surface area contributed by atoms with Gasteiger partial charge in [-0.05, 0) is 25.2 Å². The van der Waals surface area contributed by atoms with E-state index in [4.69, 9.17) is 23.2 Å². The van der Waals surface area contributed by atoms with E-state index in [0.717, 1.165) is 18.8 Å². The van der Waals surface area contributed by atoms with Crippen molar-refractivity contribution in [1.29, 1.82) is 0 Å². The van der Waals surface area contributed by atoms with Crippen LogP contribution in [0.2, 0.25) is 10.0 Å². The van der Waals surface area contributed by atoms with Gasteiger partial charge in [-0.15, -0.1) is 0 Å². The summed E-state index contributed by atoms with van der Waals surface area (Å²) in [5, 5.41) is 4.29. The summed E-state index contributed by atoms with van der Waals surface area (Å²) >= 11 is 11.7. The molecule has 0 saturated heterocycles. The highest BCUT2D eigenvalue weighted by molar-refractivity contribution is 6.42. The van der Waals surface area contributed by atoms with Crippen LogP contribution in [0.3, 0.4) is 0 Å². The Morgan fingerprint density at radius 3 is 2.57 bits per heavy atom. The van der Waals surface area contributed by atoms with Crippen LogP contribution in [0.4, 0.5) is 5.69 Å². The van der Waals surface area contributed by atoms with Crippen molar-refractivity contribution in [2.45, 2.75) is 0 Å². The zero-order valence-corrected chi connectivity index (χ0v) is 9.86. The van der Waals surface area contributed by atoms with Crippen LogP contribution in [-0.2, 0) is 0 Å². The molecule has 0 aliphatic heterocycles. The van der Waals surface area contributed by atoms with E-state index in [-0.39, 0.29) is 0 Å². The Hall–Kier alpha value is -0.440. The molecule has 0 saturated carbocycles. The van der Waals surface area contributed by atoms with Crippen molar-refractivity contribution in [3.8, 4) is 0 Å². The summed E-state index contributed by atoms with van der Waals surface area (Å²) in [4.78, 5) is 2.12. The Morgan fingerprint density at radius 1 is 1.29 bits per heavy atom. The standard InChI is InChI=1S/C10H14Cl2N2/c1-13-5-6-14(2)8-3-4-9(11)10(12)7-8/h3-4,7,13H,5-6H2,1-2H3. The van der Waals surface area contributed by atoms with E-state index < -0.39 is 0 Å². The van der Waals surface area contributed by atoms with Crippen molar-refractivity contribution in [2.75, 3.05) is 32.1 Å². The fourth-order valence-electron chi connectivity index (χ4n) is 1.13. The zero-order chi connectivity index (χ0) is 10.6. The minimum Gasteiger partial charge on any atom is -0.373 e. The lowest BCUT2D eigenvalue weighted by Crippen LogP contribution is -2.26.